The van der Waals surface area contributed by atoms with Gasteiger partial charge < -0.3 is 9.84 Å². The smallest absolute Gasteiger partial charge is 0.127 e. The van der Waals surface area contributed by atoms with E-state index in [1.54, 1.807) is 16.9 Å². The van der Waals surface area contributed by atoms with Crippen LogP contribution in [0.1, 0.15) is 11.1 Å². The summed E-state index contributed by atoms with van der Waals surface area (Å²) in [7, 11) is 1.82. The summed E-state index contributed by atoms with van der Waals surface area (Å²) in [6.07, 6.45) is 3.51. The van der Waals surface area contributed by atoms with E-state index in [0.29, 0.717) is 17.9 Å². The number of ether oxygens (including phenoxy) is 1. The number of aryl methyl sites for hydroxylation is 1. The zero-order chi connectivity index (χ0) is 12.3. The van der Waals surface area contributed by atoms with Crippen molar-refractivity contribution in [2.45, 2.75) is 13.2 Å². The van der Waals surface area contributed by atoms with E-state index in [4.69, 9.17) is 9.84 Å². The molecule has 0 aliphatic heterocycles. The minimum Gasteiger partial charge on any atom is -0.489 e. The van der Waals surface area contributed by atoms with Gasteiger partial charge in [-0.2, -0.15) is 5.10 Å². The Labute approximate surface area is 98.3 Å². The van der Waals surface area contributed by atoms with Crippen LogP contribution in [0.2, 0.25) is 0 Å². The van der Waals surface area contributed by atoms with Crippen molar-refractivity contribution in [2.24, 2.45) is 7.05 Å². The van der Waals surface area contributed by atoms with E-state index in [9.17, 15) is 4.39 Å². The fourth-order valence-electron chi connectivity index (χ4n) is 1.51. The van der Waals surface area contributed by atoms with Crippen LogP contribution in [-0.2, 0) is 20.3 Å². The van der Waals surface area contributed by atoms with Crippen LogP contribution in [0.4, 0.5) is 4.39 Å². The largest absolute Gasteiger partial charge is 0.489 e. The van der Waals surface area contributed by atoms with Crippen molar-refractivity contribution >= 4 is 0 Å². The molecule has 2 aromatic rings. The number of nitrogens with zero attached hydrogens (tertiary/aromatic N) is 2. The second-order valence-electron chi connectivity index (χ2n) is 3.76. The topological polar surface area (TPSA) is 47.3 Å². The first-order valence-corrected chi connectivity index (χ1v) is 5.18. The third-order valence-corrected chi connectivity index (χ3v) is 2.28. The van der Waals surface area contributed by atoms with Crippen molar-refractivity contribution < 1.29 is 14.2 Å². The number of halogens is 1. The average Bonchev–Trinajstić information content (AvgIpc) is 2.72. The molecule has 1 aromatic carbocycles. The molecule has 1 N–H and O–H groups in total. The second-order valence-corrected chi connectivity index (χ2v) is 3.76. The molecule has 2 rings (SSSR count). The third kappa shape index (κ3) is 3.04. The lowest BCUT2D eigenvalue weighted by atomic mass is 10.2. The van der Waals surface area contributed by atoms with E-state index >= 15 is 0 Å². The number of aromatic nitrogens is 2. The van der Waals surface area contributed by atoms with Crippen LogP contribution < -0.4 is 4.74 Å². The van der Waals surface area contributed by atoms with Crippen molar-refractivity contribution in [3.05, 3.63) is 47.5 Å². The molecule has 90 valence electrons. The highest BCUT2D eigenvalue weighted by Gasteiger charge is 2.02. The minimum absolute atomic E-state index is 0.207. The van der Waals surface area contributed by atoms with Crippen LogP contribution in [0.25, 0.3) is 0 Å². The number of hydrogen-bond donors (Lipinski definition) is 1. The number of hydrogen-bond acceptors (Lipinski definition) is 3. The van der Waals surface area contributed by atoms with Gasteiger partial charge in [0, 0.05) is 24.9 Å². The zero-order valence-corrected chi connectivity index (χ0v) is 9.43. The van der Waals surface area contributed by atoms with E-state index in [0.717, 1.165) is 5.56 Å². The van der Waals surface area contributed by atoms with Gasteiger partial charge in [-0.3, -0.25) is 4.68 Å². The fraction of sp³-hybridized carbons (Fsp3) is 0.250. The number of aliphatic hydroxyl groups is 1. The Balaban J connectivity index is 2.05. The quantitative estimate of drug-likeness (QED) is 0.877. The molecule has 5 heteroatoms. The van der Waals surface area contributed by atoms with Gasteiger partial charge in [-0.15, -0.1) is 0 Å². The molecule has 0 aliphatic carbocycles. The maximum atomic E-state index is 13.1. The first-order valence-electron chi connectivity index (χ1n) is 5.18. The van der Waals surface area contributed by atoms with Crippen molar-refractivity contribution in [3.63, 3.8) is 0 Å². The fourth-order valence-corrected chi connectivity index (χ4v) is 1.51. The van der Waals surface area contributed by atoms with Crippen LogP contribution in [0, 0.1) is 5.82 Å². The van der Waals surface area contributed by atoms with E-state index in [1.807, 2.05) is 13.2 Å². The molecule has 0 atom stereocenters. The highest BCUT2D eigenvalue weighted by atomic mass is 19.1. The normalized spacial score (nSPS) is 10.5. The Morgan fingerprint density at radius 2 is 2.18 bits per heavy atom. The van der Waals surface area contributed by atoms with Gasteiger partial charge in [0.1, 0.15) is 18.2 Å². The predicted octanol–water partition coefficient (Wildman–Crippen LogP) is 1.63. The molecule has 17 heavy (non-hydrogen) atoms. The van der Waals surface area contributed by atoms with Gasteiger partial charge in [-0.25, -0.2) is 4.39 Å². The Kier molecular flexibility index (Phi) is 3.39. The monoisotopic (exact) mass is 236 g/mol. The summed E-state index contributed by atoms with van der Waals surface area (Å²) in [5, 5.41) is 12.9. The van der Waals surface area contributed by atoms with Crippen LogP contribution in [-0.4, -0.2) is 14.9 Å². The summed E-state index contributed by atoms with van der Waals surface area (Å²) in [4.78, 5) is 0. The van der Waals surface area contributed by atoms with Crippen LogP contribution >= 0.6 is 0 Å². The zero-order valence-electron chi connectivity index (χ0n) is 9.43. The molecule has 0 aliphatic rings. The minimum atomic E-state index is -0.419. The number of aliphatic hydroxyl groups excluding tert-OH is 1. The highest BCUT2D eigenvalue weighted by Crippen LogP contribution is 2.17. The lowest BCUT2D eigenvalue weighted by Crippen LogP contribution is -1.96. The van der Waals surface area contributed by atoms with Crippen molar-refractivity contribution in [2.75, 3.05) is 0 Å². The summed E-state index contributed by atoms with van der Waals surface area (Å²) >= 11 is 0. The molecule has 1 aromatic heterocycles. The summed E-state index contributed by atoms with van der Waals surface area (Å²) in [5.41, 5.74) is 1.40. The van der Waals surface area contributed by atoms with Gasteiger partial charge in [0.15, 0.2) is 0 Å². The second kappa shape index (κ2) is 4.97. The molecule has 0 spiro atoms. The van der Waals surface area contributed by atoms with Gasteiger partial charge >= 0.3 is 0 Å². The molecular formula is C12H13FN2O2. The first kappa shape index (κ1) is 11.6. The van der Waals surface area contributed by atoms with Gasteiger partial charge in [-0.05, 0) is 17.7 Å². The SMILES string of the molecule is Cn1cc(COc2cc(F)cc(CO)c2)cn1. The molecule has 0 radical (unpaired) electrons. The predicted molar refractivity (Wildman–Crippen MR) is 59.9 cm³/mol. The summed E-state index contributed by atoms with van der Waals surface area (Å²) in [6.45, 7) is 0.114. The maximum absolute atomic E-state index is 13.1. The van der Waals surface area contributed by atoms with Crippen molar-refractivity contribution in [1.82, 2.24) is 9.78 Å². The van der Waals surface area contributed by atoms with Crippen LogP contribution in [0.3, 0.4) is 0 Å². The van der Waals surface area contributed by atoms with Gasteiger partial charge in [-0.1, -0.05) is 0 Å². The van der Waals surface area contributed by atoms with Gasteiger partial charge in [0.25, 0.3) is 0 Å². The molecule has 0 bridgehead atoms. The standard InChI is InChI=1S/C12H13FN2O2/c1-15-6-10(5-14-15)8-17-12-3-9(7-16)2-11(13)4-12/h2-6,16H,7-8H2,1H3. The molecule has 0 unspecified atom stereocenters. The van der Waals surface area contributed by atoms with Gasteiger partial charge in [0.2, 0.25) is 0 Å². The number of rotatable bonds is 4. The summed E-state index contributed by atoms with van der Waals surface area (Å²) in [5.74, 6) is -0.0179. The molecule has 0 fully saturated rings. The molecule has 4 nitrogen and oxygen atoms in total. The van der Waals surface area contributed by atoms with Crippen molar-refractivity contribution in [1.29, 1.82) is 0 Å². The first-order chi connectivity index (χ1) is 8.17. The van der Waals surface area contributed by atoms with Crippen LogP contribution in [0.15, 0.2) is 30.6 Å². The Bertz CT molecular complexity index is 511. The van der Waals surface area contributed by atoms with E-state index in [-0.39, 0.29) is 6.61 Å². The van der Waals surface area contributed by atoms with Crippen LogP contribution in [0.5, 0.6) is 5.75 Å². The number of benzene rings is 1. The van der Waals surface area contributed by atoms with Gasteiger partial charge in [0.05, 0.1) is 12.8 Å². The Hall–Kier alpha value is -1.88. The molecule has 0 saturated carbocycles. The highest BCUT2D eigenvalue weighted by molar-refractivity contribution is 5.29. The van der Waals surface area contributed by atoms with E-state index in [1.165, 1.54) is 12.1 Å². The maximum Gasteiger partial charge on any atom is 0.127 e. The summed E-state index contributed by atoms with van der Waals surface area (Å²) < 4.78 is 20.2. The molecule has 1 heterocycles. The molecular weight excluding hydrogens is 223 g/mol. The Morgan fingerprint density at radius 3 is 2.82 bits per heavy atom. The lowest BCUT2D eigenvalue weighted by Gasteiger charge is -2.06. The van der Waals surface area contributed by atoms with Crippen molar-refractivity contribution in [3.8, 4) is 5.75 Å². The van der Waals surface area contributed by atoms with E-state index in [2.05, 4.69) is 5.10 Å². The average molecular weight is 236 g/mol. The molecule has 0 saturated heterocycles. The Morgan fingerprint density at radius 1 is 1.35 bits per heavy atom. The summed E-state index contributed by atoms with van der Waals surface area (Å²) in [6, 6.07) is 4.17. The molecule has 0 amide bonds. The lowest BCUT2D eigenvalue weighted by molar-refractivity contribution is 0.276. The third-order valence-electron chi connectivity index (χ3n) is 2.28. The van der Waals surface area contributed by atoms with E-state index < -0.39 is 5.82 Å².